The molecule has 1 heterocycles. The number of cyclic esters (lactones) is 1. The molecule has 0 spiro atoms. The highest BCUT2D eigenvalue weighted by Crippen LogP contribution is 2.26. The molecule has 2 unspecified atom stereocenters. The Kier molecular flexibility index (Phi) is 9.57. The van der Waals surface area contributed by atoms with E-state index in [2.05, 4.69) is 6.92 Å². The predicted octanol–water partition coefficient (Wildman–Crippen LogP) is -0.297. The van der Waals surface area contributed by atoms with Crippen molar-refractivity contribution in [2.24, 2.45) is 0 Å². The normalized spacial score (nSPS) is 20.7. The number of hydrogen-bond donors (Lipinski definition) is 5. The number of rotatable bonds is 13. The van der Waals surface area contributed by atoms with Crippen molar-refractivity contribution in [2.45, 2.75) is 69.9 Å². The molecule has 0 aromatic rings. The fraction of sp³-hybridized carbons (Fsp3) is 0.765. The van der Waals surface area contributed by atoms with Crippen LogP contribution in [0.5, 0.6) is 0 Å². The largest absolute Gasteiger partial charge is 0.505 e. The maximum Gasteiger partial charge on any atom is 0.378 e. The van der Waals surface area contributed by atoms with E-state index in [0.29, 0.717) is 6.42 Å². The third-order valence-corrected chi connectivity index (χ3v) is 4.04. The standard InChI is InChI=1S/C17H28O9/c1-2-3-4-5-6-7-11(20)12(21)13(22)15-14(23)16(17(24)26-15)25-9-10(19)8-18/h10,12-13,15,18-19,21-23H,2-9H2,1H3/t10?,12?,13-,15+/m0/s1. The second-order valence-electron chi connectivity index (χ2n) is 6.25. The summed E-state index contributed by atoms with van der Waals surface area (Å²) in [5, 5.41) is 47.9. The van der Waals surface area contributed by atoms with Gasteiger partial charge in [0, 0.05) is 6.42 Å². The molecule has 0 aliphatic carbocycles. The van der Waals surface area contributed by atoms with Gasteiger partial charge in [0.1, 0.15) is 24.9 Å². The summed E-state index contributed by atoms with van der Waals surface area (Å²) < 4.78 is 9.62. The monoisotopic (exact) mass is 376 g/mol. The van der Waals surface area contributed by atoms with E-state index in [1.807, 2.05) is 0 Å². The SMILES string of the molecule is CCCCCCCC(=O)C(O)[C@H](O)[C@H]1OC(=O)C(OCC(O)CO)=C1O. The summed E-state index contributed by atoms with van der Waals surface area (Å²) in [6.07, 6.45) is -1.99. The summed E-state index contributed by atoms with van der Waals surface area (Å²) in [6, 6.07) is 0. The first-order valence-electron chi connectivity index (χ1n) is 8.78. The Balaban J connectivity index is 2.59. The Morgan fingerprint density at radius 1 is 1.19 bits per heavy atom. The quantitative estimate of drug-likeness (QED) is 0.215. The van der Waals surface area contributed by atoms with Crippen LogP contribution in [0, 0.1) is 0 Å². The number of carbonyl (C=O) groups is 2. The molecular formula is C17H28O9. The Bertz CT molecular complexity index is 502. The molecular weight excluding hydrogens is 348 g/mol. The molecule has 0 aromatic carbocycles. The van der Waals surface area contributed by atoms with Crippen LogP contribution in [0.3, 0.4) is 0 Å². The van der Waals surface area contributed by atoms with Crippen LogP contribution in [0.25, 0.3) is 0 Å². The zero-order valence-corrected chi connectivity index (χ0v) is 14.8. The molecule has 26 heavy (non-hydrogen) atoms. The molecule has 0 aromatic heterocycles. The van der Waals surface area contributed by atoms with Crippen LogP contribution in [-0.2, 0) is 19.1 Å². The third kappa shape index (κ3) is 6.24. The van der Waals surface area contributed by atoms with Crippen molar-refractivity contribution in [2.75, 3.05) is 13.2 Å². The van der Waals surface area contributed by atoms with Gasteiger partial charge in [-0.1, -0.05) is 32.6 Å². The Hall–Kier alpha value is -1.68. The average Bonchev–Trinajstić information content (AvgIpc) is 2.91. The summed E-state index contributed by atoms with van der Waals surface area (Å²) in [7, 11) is 0. The molecule has 0 amide bonds. The molecule has 4 atom stereocenters. The molecule has 1 aliphatic heterocycles. The van der Waals surface area contributed by atoms with Crippen LogP contribution < -0.4 is 0 Å². The van der Waals surface area contributed by atoms with Gasteiger partial charge in [0.2, 0.25) is 5.76 Å². The number of hydrogen-bond acceptors (Lipinski definition) is 9. The highest BCUT2D eigenvalue weighted by Gasteiger charge is 2.44. The molecule has 9 heteroatoms. The smallest absolute Gasteiger partial charge is 0.378 e. The lowest BCUT2D eigenvalue weighted by molar-refractivity contribution is -0.155. The first-order chi connectivity index (χ1) is 12.3. The third-order valence-electron chi connectivity index (χ3n) is 4.04. The summed E-state index contributed by atoms with van der Waals surface area (Å²) in [5.74, 6) is -3.12. The van der Waals surface area contributed by atoms with Gasteiger partial charge in [0.05, 0.1) is 6.61 Å². The van der Waals surface area contributed by atoms with Crippen LogP contribution in [0.15, 0.2) is 11.5 Å². The van der Waals surface area contributed by atoms with Crippen molar-refractivity contribution < 1.29 is 44.6 Å². The van der Waals surface area contributed by atoms with Gasteiger partial charge in [-0.15, -0.1) is 0 Å². The lowest BCUT2D eigenvalue weighted by Gasteiger charge is -2.21. The van der Waals surface area contributed by atoms with Crippen molar-refractivity contribution >= 4 is 11.8 Å². The van der Waals surface area contributed by atoms with Gasteiger partial charge >= 0.3 is 5.97 Å². The van der Waals surface area contributed by atoms with Crippen molar-refractivity contribution in [3.8, 4) is 0 Å². The Labute approximate surface area is 151 Å². The zero-order chi connectivity index (χ0) is 19.7. The maximum atomic E-state index is 12.0. The Morgan fingerprint density at radius 2 is 1.85 bits per heavy atom. The number of esters is 1. The van der Waals surface area contributed by atoms with Crippen LogP contribution in [0.1, 0.15) is 45.4 Å². The molecule has 1 rings (SSSR count). The summed E-state index contributed by atoms with van der Waals surface area (Å²) in [6.45, 7) is 0.976. The van der Waals surface area contributed by atoms with Crippen LogP contribution in [0.2, 0.25) is 0 Å². The van der Waals surface area contributed by atoms with Crippen LogP contribution in [0.4, 0.5) is 0 Å². The minimum atomic E-state index is -1.84. The fourth-order valence-electron chi connectivity index (χ4n) is 2.46. The van der Waals surface area contributed by atoms with E-state index >= 15 is 0 Å². The lowest BCUT2D eigenvalue weighted by atomic mass is 9.99. The second kappa shape index (κ2) is 11.1. The lowest BCUT2D eigenvalue weighted by Crippen LogP contribution is -2.43. The van der Waals surface area contributed by atoms with Gasteiger partial charge in [-0.2, -0.15) is 0 Å². The number of aliphatic hydroxyl groups excluding tert-OH is 5. The van der Waals surface area contributed by atoms with E-state index in [1.54, 1.807) is 0 Å². The highest BCUT2D eigenvalue weighted by atomic mass is 16.6. The number of aliphatic hydroxyl groups is 5. The van der Waals surface area contributed by atoms with Gasteiger partial charge in [-0.05, 0) is 6.42 Å². The van der Waals surface area contributed by atoms with Crippen molar-refractivity contribution in [1.29, 1.82) is 0 Å². The second-order valence-corrected chi connectivity index (χ2v) is 6.25. The molecule has 5 N–H and O–H groups in total. The summed E-state index contributed by atoms with van der Waals surface area (Å²) >= 11 is 0. The highest BCUT2D eigenvalue weighted by molar-refractivity contribution is 5.90. The van der Waals surface area contributed by atoms with Crippen molar-refractivity contribution in [3.63, 3.8) is 0 Å². The molecule has 0 radical (unpaired) electrons. The molecule has 150 valence electrons. The van der Waals surface area contributed by atoms with Crippen LogP contribution in [-0.4, -0.2) is 74.9 Å². The number of Topliss-reactive ketones (excluding diaryl/α,β-unsaturated/α-hetero) is 1. The van der Waals surface area contributed by atoms with E-state index in [0.717, 1.165) is 25.7 Å². The van der Waals surface area contributed by atoms with E-state index < -0.39 is 60.9 Å². The molecule has 0 saturated carbocycles. The van der Waals surface area contributed by atoms with Crippen molar-refractivity contribution in [1.82, 2.24) is 0 Å². The van der Waals surface area contributed by atoms with E-state index in [9.17, 15) is 30.0 Å². The summed E-state index contributed by atoms with van der Waals surface area (Å²) in [4.78, 5) is 23.6. The van der Waals surface area contributed by atoms with Crippen molar-refractivity contribution in [3.05, 3.63) is 11.5 Å². The van der Waals surface area contributed by atoms with Gasteiger partial charge in [-0.3, -0.25) is 4.79 Å². The predicted molar refractivity (Wildman–Crippen MR) is 89.0 cm³/mol. The molecule has 1 aliphatic rings. The fourth-order valence-corrected chi connectivity index (χ4v) is 2.46. The van der Waals surface area contributed by atoms with Gasteiger partial charge in [0.25, 0.3) is 0 Å². The minimum absolute atomic E-state index is 0.0686. The maximum absolute atomic E-state index is 12.0. The first kappa shape index (κ1) is 22.4. The van der Waals surface area contributed by atoms with E-state index in [-0.39, 0.29) is 6.42 Å². The molecule has 0 saturated heterocycles. The number of ketones is 1. The van der Waals surface area contributed by atoms with E-state index in [1.165, 1.54) is 0 Å². The molecule has 0 bridgehead atoms. The Morgan fingerprint density at radius 3 is 2.46 bits per heavy atom. The van der Waals surface area contributed by atoms with Crippen LogP contribution >= 0.6 is 0 Å². The molecule has 0 fully saturated rings. The zero-order valence-electron chi connectivity index (χ0n) is 14.8. The number of unbranched alkanes of at least 4 members (excludes halogenated alkanes) is 4. The number of ether oxygens (including phenoxy) is 2. The minimum Gasteiger partial charge on any atom is -0.505 e. The topological polar surface area (TPSA) is 154 Å². The van der Waals surface area contributed by atoms with Gasteiger partial charge < -0.3 is 35.0 Å². The first-order valence-corrected chi connectivity index (χ1v) is 8.78. The molecule has 9 nitrogen and oxygen atoms in total. The van der Waals surface area contributed by atoms with E-state index in [4.69, 9.17) is 14.6 Å². The summed E-state index contributed by atoms with van der Waals surface area (Å²) in [5.41, 5.74) is 0. The van der Waals surface area contributed by atoms with Gasteiger partial charge in [-0.25, -0.2) is 4.79 Å². The number of carbonyl (C=O) groups excluding carboxylic acids is 2. The average molecular weight is 376 g/mol. The van der Waals surface area contributed by atoms with Gasteiger partial charge in [0.15, 0.2) is 17.6 Å².